The van der Waals surface area contributed by atoms with Crippen LogP contribution < -0.4 is 10.6 Å². The largest absolute Gasteiger partial charge is 0.507 e. The molecule has 4 N–H and O–H groups in total. The summed E-state index contributed by atoms with van der Waals surface area (Å²) < 4.78 is 0. The number of aromatic carboxylic acids is 1. The van der Waals surface area contributed by atoms with Crippen LogP contribution in [0.4, 0.5) is 10.5 Å². The number of nitrogens with one attached hydrogen (secondary N) is 2. The van der Waals surface area contributed by atoms with Gasteiger partial charge in [0.1, 0.15) is 11.3 Å². The van der Waals surface area contributed by atoms with Crippen molar-refractivity contribution < 1.29 is 19.8 Å². The fourth-order valence-corrected chi connectivity index (χ4v) is 0.979. The normalized spacial score (nSPS) is 9.40. The smallest absolute Gasteiger partial charge is 0.339 e. The van der Waals surface area contributed by atoms with E-state index in [1.807, 2.05) is 0 Å². The number of carboxylic acid groups (broad SMARTS) is 1. The molecule has 6 heteroatoms. The molecule has 0 aliphatic carbocycles. The molecule has 0 fully saturated rings. The van der Waals surface area contributed by atoms with E-state index in [0.29, 0.717) is 5.69 Å². The molecule has 0 unspecified atom stereocenters. The summed E-state index contributed by atoms with van der Waals surface area (Å²) in [6, 6.07) is 3.32. The van der Waals surface area contributed by atoms with Crippen LogP contribution in [0.1, 0.15) is 10.4 Å². The monoisotopic (exact) mass is 210 g/mol. The zero-order valence-corrected chi connectivity index (χ0v) is 7.94. The Labute approximate surface area is 85.5 Å². The number of carbonyl (C=O) groups excluding carboxylic acids is 1. The van der Waals surface area contributed by atoms with Crippen molar-refractivity contribution in [2.24, 2.45) is 0 Å². The van der Waals surface area contributed by atoms with Crippen LogP contribution in [0.3, 0.4) is 0 Å². The van der Waals surface area contributed by atoms with Crippen molar-refractivity contribution in [3.05, 3.63) is 23.8 Å². The second-order valence-electron chi connectivity index (χ2n) is 2.74. The summed E-state index contributed by atoms with van der Waals surface area (Å²) in [5.41, 5.74) is 0.0356. The number of hydrogen-bond acceptors (Lipinski definition) is 3. The Morgan fingerprint density at radius 1 is 1.33 bits per heavy atom. The summed E-state index contributed by atoms with van der Waals surface area (Å²) in [7, 11) is 1.44. The van der Waals surface area contributed by atoms with Crippen molar-refractivity contribution in [3.63, 3.8) is 0 Å². The van der Waals surface area contributed by atoms with Crippen LogP contribution in [0.25, 0.3) is 0 Å². The lowest BCUT2D eigenvalue weighted by Gasteiger charge is -2.06. The number of rotatable bonds is 2. The van der Waals surface area contributed by atoms with Gasteiger partial charge in [0.05, 0.1) is 0 Å². The predicted molar refractivity (Wildman–Crippen MR) is 53.1 cm³/mol. The first-order chi connectivity index (χ1) is 7.04. The number of aromatic hydroxyl groups is 1. The highest BCUT2D eigenvalue weighted by molar-refractivity contribution is 5.94. The first kappa shape index (κ1) is 10.8. The predicted octanol–water partition coefficient (Wildman–Crippen LogP) is 0.842. The zero-order valence-electron chi connectivity index (χ0n) is 7.94. The van der Waals surface area contributed by atoms with Crippen molar-refractivity contribution in [2.75, 3.05) is 12.4 Å². The zero-order chi connectivity index (χ0) is 11.4. The van der Waals surface area contributed by atoms with Crippen molar-refractivity contribution in [1.29, 1.82) is 0 Å². The number of carbonyl (C=O) groups is 2. The van der Waals surface area contributed by atoms with Gasteiger partial charge in [0, 0.05) is 12.7 Å². The number of benzene rings is 1. The van der Waals surface area contributed by atoms with Crippen LogP contribution in [-0.4, -0.2) is 29.3 Å². The highest BCUT2D eigenvalue weighted by Gasteiger charge is 2.10. The Hall–Kier alpha value is -2.24. The molecule has 0 radical (unpaired) electrons. The molecule has 2 amide bonds. The summed E-state index contributed by atoms with van der Waals surface area (Å²) >= 11 is 0. The Morgan fingerprint density at radius 2 is 2.00 bits per heavy atom. The molecule has 1 aromatic rings. The Kier molecular flexibility index (Phi) is 3.12. The van der Waals surface area contributed by atoms with E-state index in [4.69, 9.17) is 5.11 Å². The van der Waals surface area contributed by atoms with Crippen molar-refractivity contribution in [3.8, 4) is 5.75 Å². The molecule has 0 heterocycles. The maximum Gasteiger partial charge on any atom is 0.339 e. The Morgan fingerprint density at radius 3 is 2.53 bits per heavy atom. The SMILES string of the molecule is CNC(=O)Nc1ccc(O)c(C(=O)O)c1. The van der Waals surface area contributed by atoms with Crippen molar-refractivity contribution in [1.82, 2.24) is 5.32 Å². The molecule has 80 valence electrons. The van der Waals surface area contributed by atoms with E-state index in [-0.39, 0.29) is 11.3 Å². The lowest BCUT2D eigenvalue weighted by molar-refractivity contribution is 0.0693. The van der Waals surface area contributed by atoms with Crippen LogP contribution in [0, 0.1) is 0 Å². The standard InChI is InChI=1S/C9H10N2O4/c1-10-9(15)11-5-2-3-7(12)6(4-5)8(13)14/h2-4,12H,1H3,(H,13,14)(H2,10,11,15). The molecule has 1 rings (SSSR count). The summed E-state index contributed by atoms with van der Waals surface area (Å²) in [6.07, 6.45) is 0. The number of anilines is 1. The van der Waals surface area contributed by atoms with Crippen LogP contribution >= 0.6 is 0 Å². The van der Waals surface area contributed by atoms with E-state index in [1.54, 1.807) is 0 Å². The van der Waals surface area contributed by atoms with Gasteiger partial charge in [0.25, 0.3) is 0 Å². The van der Waals surface area contributed by atoms with Gasteiger partial charge in [-0.15, -0.1) is 0 Å². The first-order valence-electron chi connectivity index (χ1n) is 4.09. The molecular formula is C9H10N2O4. The first-order valence-corrected chi connectivity index (χ1v) is 4.09. The molecule has 0 aliphatic rings. The highest BCUT2D eigenvalue weighted by Crippen LogP contribution is 2.21. The third kappa shape index (κ3) is 2.60. The molecule has 0 saturated heterocycles. The number of urea groups is 1. The molecule has 0 aromatic heterocycles. The van der Waals surface area contributed by atoms with Gasteiger partial charge in [-0.05, 0) is 18.2 Å². The minimum Gasteiger partial charge on any atom is -0.507 e. The second-order valence-corrected chi connectivity index (χ2v) is 2.74. The fraction of sp³-hybridized carbons (Fsp3) is 0.111. The van der Waals surface area contributed by atoms with Crippen LogP contribution in [0.15, 0.2) is 18.2 Å². The molecule has 0 spiro atoms. The second kappa shape index (κ2) is 4.32. The summed E-state index contributed by atoms with van der Waals surface area (Å²) in [5.74, 6) is -1.60. The van der Waals surface area contributed by atoms with Crippen LogP contribution in [0.5, 0.6) is 5.75 Å². The highest BCUT2D eigenvalue weighted by atomic mass is 16.4. The van der Waals surface area contributed by atoms with E-state index in [9.17, 15) is 14.7 Å². The third-order valence-electron chi connectivity index (χ3n) is 1.71. The number of amides is 2. The van der Waals surface area contributed by atoms with E-state index in [2.05, 4.69) is 10.6 Å². The van der Waals surface area contributed by atoms with Gasteiger partial charge in [-0.3, -0.25) is 0 Å². The fourth-order valence-electron chi connectivity index (χ4n) is 0.979. The van der Waals surface area contributed by atoms with E-state index >= 15 is 0 Å². The van der Waals surface area contributed by atoms with Gasteiger partial charge in [0.15, 0.2) is 0 Å². The summed E-state index contributed by atoms with van der Waals surface area (Å²) in [5, 5.41) is 22.6. The average molecular weight is 210 g/mol. The topological polar surface area (TPSA) is 98.7 Å². The molecule has 0 saturated carbocycles. The molecular weight excluding hydrogens is 200 g/mol. The van der Waals surface area contributed by atoms with Gasteiger partial charge < -0.3 is 20.8 Å². The van der Waals surface area contributed by atoms with Gasteiger partial charge in [-0.1, -0.05) is 0 Å². The van der Waals surface area contributed by atoms with Gasteiger partial charge in [-0.2, -0.15) is 0 Å². The van der Waals surface area contributed by atoms with E-state index < -0.39 is 12.0 Å². The maximum atomic E-state index is 10.9. The van der Waals surface area contributed by atoms with Gasteiger partial charge in [0.2, 0.25) is 0 Å². The number of carboxylic acids is 1. The quantitative estimate of drug-likeness (QED) is 0.543. The average Bonchev–Trinajstić information content (AvgIpc) is 2.20. The minimum absolute atomic E-state index is 0.260. The molecule has 0 aliphatic heterocycles. The number of phenols is 1. The summed E-state index contributed by atoms with van der Waals surface area (Å²) in [4.78, 5) is 21.6. The lowest BCUT2D eigenvalue weighted by atomic mass is 10.2. The Balaban J connectivity index is 2.97. The third-order valence-corrected chi connectivity index (χ3v) is 1.71. The molecule has 15 heavy (non-hydrogen) atoms. The van der Waals surface area contributed by atoms with Gasteiger partial charge in [-0.25, -0.2) is 9.59 Å². The lowest BCUT2D eigenvalue weighted by Crippen LogP contribution is -2.24. The van der Waals surface area contributed by atoms with Gasteiger partial charge >= 0.3 is 12.0 Å². The number of hydrogen-bond donors (Lipinski definition) is 4. The minimum atomic E-state index is -1.26. The van der Waals surface area contributed by atoms with Crippen molar-refractivity contribution in [2.45, 2.75) is 0 Å². The van der Waals surface area contributed by atoms with Crippen LogP contribution in [-0.2, 0) is 0 Å². The molecule has 6 nitrogen and oxygen atoms in total. The molecule has 1 aromatic carbocycles. The van der Waals surface area contributed by atoms with E-state index in [0.717, 1.165) is 0 Å². The van der Waals surface area contributed by atoms with Crippen LogP contribution in [0.2, 0.25) is 0 Å². The van der Waals surface area contributed by atoms with E-state index in [1.165, 1.54) is 25.2 Å². The van der Waals surface area contributed by atoms with Crippen molar-refractivity contribution >= 4 is 17.7 Å². The molecule has 0 atom stereocenters. The maximum absolute atomic E-state index is 10.9. The Bertz CT molecular complexity index is 403. The molecule has 0 bridgehead atoms. The summed E-state index contributed by atoms with van der Waals surface area (Å²) in [6.45, 7) is 0.